The summed E-state index contributed by atoms with van der Waals surface area (Å²) in [5.74, 6) is -0.934. The second-order valence-electron chi connectivity index (χ2n) is 8.95. The molecule has 11 heteroatoms. The Balaban J connectivity index is 1.42. The number of hydrazone groups is 1. The summed E-state index contributed by atoms with van der Waals surface area (Å²) in [4.78, 5) is 28.3. The number of aromatic amines is 1. The highest BCUT2D eigenvalue weighted by molar-refractivity contribution is 6.34. The number of hydrogen-bond donors (Lipinski definition) is 2. The predicted octanol–water partition coefficient (Wildman–Crippen LogP) is 7.50. The van der Waals surface area contributed by atoms with Gasteiger partial charge in [-0.1, -0.05) is 60.1 Å². The lowest BCUT2D eigenvalue weighted by Crippen LogP contribution is -2.19. The number of para-hydroxylation sites is 1. The monoisotopic (exact) mass is 591 g/mol. The fourth-order valence-corrected chi connectivity index (χ4v) is 4.60. The second kappa shape index (κ2) is 11.8. The van der Waals surface area contributed by atoms with Crippen LogP contribution in [-0.2, 0) is 6.18 Å². The van der Waals surface area contributed by atoms with Gasteiger partial charge in [0.05, 0.1) is 30.0 Å². The maximum Gasteiger partial charge on any atom is 0.418 e. The standard InChI is InChI=1S/C31H21ClF3N3O4/c1-41-25-16-18(14-15-24(25)42-30(40)19-8-3-2-4-9-19)17-36-38-29(39)28-26(20-10-5-6-13-23(20)32)21-11-7-12-22(27(21)37-28)31(33,34)35/h2-17,37H,1H3,(H,38,39). The van der Waals surface area contributed by atoms with E-state index >= 15 is 0 Å². The van der Waals surface area contributed by atoms with E-state index in [0.29, 0.717) is 16.7 Å². The number of aromatic nitrogens is 1. The van der Waals surface area contributed by atoms with Gasteiger partial charge in [0, 0.05) is 21.5 Å². The summed E-state index contributed by atoms with van der Waals surface area (Å²) < 4.78 is 52.1. The molecular formula is C31H21ClF3N3O4. The van der Waals surface area contributed by atoms with Gasteiger partial charge in [0.1, 0.15) is 5.69 Å². The van der Waals surface area contributed by atoms with Gasteiger partial charge in [0.15, 0.2) is 11.5 Å². The van der Waals surface area contributed by atoms with Crippen molar-refractivity contribution in [3.8, 4) is 22.6 Å². The number of nitrogens with zero attached hydrogens (tertiary/aromatic N) is 1. The van der Waals surface area contributed by atoms with Gasteiger partial charge in [-0.2, -0.15) is 18.3 Å². The minimum absolute atomic E-state index is 0.146. The van der Waals surface area contributed by atoms with Crippen LogP contribution in [-0.4, -0.2) is 30.2 Å². The number of H-pyrrole nitrogens is 1. The van der Waals surface area contributed by atoms with Crippen molar-refractivity contribution < 1.29 is 32.2 Å². The zero-order valence-electron chi connectivity index (χ0n) is 21.8. The van der Waals surface area contributed by atoms with Crippen molar-refractivity contribution in [1.82, 2.24) is 10.4 Å². The Hall–Kier alpha value is -5.09. The molecule has 0 bridgehead atoms. The molecule has 0 unspecified atom stereocenters. The van der Waals surface area contributed by atoms with Crippen LogP contribution < -0.4 is 14.9 Å². The number of alkyl halides is 3. The van der Waals surface area contributed by atoms with Crippen molar-refractivity contribution in [2.24, 2.45) is 5.10 Å². The van der Waals surface area contributed by atoms with E-state index in [1.807, 2.05) is 0 Å². The minimum Gasteiger partial charge on any atom is -0.493 e. The molecule has 42 heavy (non-hydrogen) atoms. The summed E-state index contributed by atoms with van der Waals surface area (Å²) in [6.45, 7) is 0. The van der Waals surface area contributed by atoms with Gasteiger partial charge in [-0.05, 0) is 48.0 Å². The molecule has 7 nitrogen and oxygen atoms in total. The summed E-state index contributed by atoms with van der Waals surface area (Å²) in [6.07, 6.45) is -3.35. The van der Waals surface area contributed by atoms with E-state index in [-0.39, 0.29) is 38.7 Å². The molecule has 1 aromatic heterocycles. The van der Waals surface area contributed by atoms with Crippen molar-refractivity contribution in [3.63, 3.8) is 0 Å². The first-order valence-electron chi connectivity index (χ1n) is 12.4. The molecule has 0 spiro atoms. The van der Waals surface area contributed by atoms with Gasteiger partial charge in [0.2, 0.25) is 0 Å². The molecule has 2 N–H and O–H groups in total. The van der Waals surface area contributed by atoms with Crippen LogP contribution in [0.5, 0.6) is 11.5 Å². The molecule has 0 radical (unpaired) electrons. The van der Waals surface area contributed by atoms with Gasteiger partial charge in [0.25, 0.3) is 5.91 Å². The predicted molar refractivity (Wildman–Crippen MR) is 153 cm³/mol. The number of carbonyl (C=O) groups excluding carboxylic acids is 2. The van der Waals surface area contributed by atoms with Crippen LogP contribution in [0.3, 0.4) is 0 Å². The highest BCUT2D eigenvalue weighted by Gasteiger charge is 2.35. The number of amides is 1. The SMILES string of the molecule is COc1cc(C=NNC(=O)c2[nH]c3c(C(F)(F)F)cccc3c2-c2ccccc2Cl)ccc1OC(=O)c1ccccc1. The second-order valence-corrected chi connectivity index (χ2v) is 9.35. The highest BCUT2D eigenvalue weighted by atomic mass is 35.5. The Morgan fingerprint density at radius 3 is 2.38 bits per heavy atom. The summed E-state index contributed by atoms with van der Waals surface area (Å²) in [5, 5.41) is 4.40. The third-order valence-corrected chi connectivity index (χ3v) is 6.62. The van der Waals surface area contributed by atoms with E-state index in [4.69, 9.17) is 21.1 Å². The average molecular weight is 592 g/mol. The van der Waals surface area contributed by atoms with Crippen LogP contribution >= 0.6 is 11.6 Å². The molecule has 5 aromatic rings. The summed E-state index contributed by atoms with van der Waals surface area (Å²) in [6, 6.07) is 23.3. The molecule has 1 heterocycles. The van der Waals surface area contributed by atoms with Gasteiger partial charge in [-0.3, -0.25) is 4.79 Å². The summed E-state index contributed by atoms with van der Waals surface area (Å²) >= 11 is 6.37. The van der Waals surface area contributed by atoms with Gasteiger partial charge in [-0.15, -0.1) is 0 Å². The zero-order chi connectivity index (χ0) is 29.9. The summed E-state index contributed by atoms with van der Waals surface area (Å²) in [7, 11) is 1.40. The fraction of sp³-hybridized carbons (Fsp3) is 0.0645. The van der Waals surface area contributed by atoms with Crippen molar-refractivity contribution in [1.29, 1.82) is 0 Å². The van der Waals surface area contributed by atoms with E-state index in [9.17, 15) is 22.8 Å². The first-order valence-corrected chi connectivity index (χ1v) is 12.8. The molecule has 5 rings (SSSR count). The van der Waals surface area contributed by atoms with Crippen LogP contribution in [0.1, 0.15) is 32.0 Å². The number of carbonyl (C=O) groups is 2. The molecule has 0 fully saturated rings. The molecule has 0 saturated carbocycles. The fourth-order valence-electron chi connectivity index (χ4n) is 4.37. The molecule has 0 atom stereocenters. The smallest absolute Gasteiger partial charge is 0.418 e. The third-order valence-electron chi connectivity index (χ3n) is 6.29. The lowest BCUT2D eigenvalue weighted by atomic mass is 10.00. The molecule has 0 aliphatic carbocycles. The Kier molecular flexibility index (Phi) is 7.99. The largest absolute Gasteiger partial charge is 0.493 e. The van der Waals surface area contributed by atoms with E-state index in [2.05, 4.69) is 15.5 Å². The number of rotatable bonds is 7. The maximum absolute atomic E-state index is 13.8. The zero-order valence-corrected chi connectivity index (χ0v) is 22.6. The molecule has 0 aliphatic heterocycles. The molecule has 0 saturated heterocycles. The van der Waals surface area contributed by atoms with Crippen LogP contribution in [0.25, 0.3) is 22.0 Å². The van der Waals surface area contributed by atoms with Gasteiger partial charge >= 0.3 is 12.1 Å². The number of benzene rings is 4. The van der Waals surface area contributed by atoms with Crippen molar-refractivity contribution in [2.45, 2.75) is 6.18 Å². The number of hydrogen-bond acceptors (Lipinski definition) is 5. The van der Waals surface area contributed by atoms with E-state index in [1.165, 1.54) is 37.6 Å². The first kappa shape index (κ1) is 28.4. The summed E-state index contributed by atoms with van der Waals surface area (Å²) in [5.41, 5.74) is 2.47. The quantitative estimate of drug-likeness (QED) is 0.0887. The van der Waals surface area contributed by atoms with E-state index < -0.39 is 23.6 Å². The lowest BCUT2D eigenvalue weighted by Gasteiger charge is -2.10. The van der Waals surface area contributed by atoms with Crippen molar-refractivity contribution in [3.05, 3.63) is 118 Å². The normalized spacial score (nSPS) is 11.5. The molecular weight excluding hydrogens is 571 g/mol. The first-order chi connectivity index (χ1) is 20.2. The molecule has 4 aromatic carbocycles. The van der Waals surface area contributed by atoms with E-state index in [0.717, 1.165) is 6.07 Å². The topological polar surface area (TPSA) is 92.8 Å². The Morgan fingerprint density at radius 2 is 1.67 bits per heavy atom. The number of nitrogens with one attached hydrogen (secondary N) is 2. The number of methoxy groups -OCH3 is 1. The Bertz CT molecular complexity index is 1820. The average Bonchev–Trinajstić information content (AvgIpc) is 3.37. The number of ether oxygens (including phenoxy) is 2. The van der Waals surface area contributed by atoms with Crippen LogP contribution in [0.2, 0.25) is 5.02 Å². The van der Waals surface area contributed by atoms with Gasteiger partial charge < -0.3 is 14.5 Å². The lowest BCUT2D eigenvalue weighted by molar-refractivity contribution is -0.136. The Labute approximate surface area is 242 Å². The van der Waals surface area contributed by atoms with E-state index in [1.54, 1.807) is 60.7 Å². The number of halogens is 4. The van der Waals surface area contributed by atoms with Crippen LogP contribution in [0.4, 0.5) is 13.2 Å². The number of fused-ring (bicyclic) bond motifs is 1. The van der Waals surface area contributed by atoms with Crippen molar-refractivity contribution in [2.75, 3.05) is 7.11 Å². The molecule has 212 valence electrons. The molecule has 1 amide bonds. The minimum atomic E-state index is -4.66. The third kappa shape index (κ3) is 5.84. The highest BCUT2D eigenvalue weighted by Crippen LogP contribution is 2.41. The van der Waals surface area contributed by atoms with Crippen molar-refractivity contribution >= 4 is 40.6 Å². The number of esters is 1. The maximum atomic E-state index is 13.8. The Morgan fingerprint density at radius 1 is 0.929 bits per heavy atom. The molecule has 0 aliphatic rings. The van der Waals surface area contributed by atoms with Gasteiger partial charge in [-0.25, -0.2) is 10.2 Å². The van der Waals surface area contributed by atoms with Crippen LogP contribution in [0, 0.1) is 0 Å². The van der Waals surface area contributed by atoms with Crippen LogP contribution in [0.15, 0.2) is 96.1 Å².